The first kappa shape index (κ1) is 30.3. The summed E-state index contributed by atoms with van der Waals surface area (Å²) in [6.45, 7) is 0. The van der Waals surface area contributed by atoms with Crippen LogP contribution in [-0.4, -0.2) is 35.8 Å². The zero-order chi connectivity index (χ0) is 28.6. The molecule has 0 saturated carbocycles. The Bertz CT molecular complexity index is 1310. The van der Waals surface area contributed by atoms with E-state index in [2.05, 4.69) is 10.6 Å². The molecule has 0 heterocycles. The van der Waals surface area contributed by atoms with Gasteiger partial charge >= 0.3 is 12.1 Å². The van der Waals surface area contributed by atoms with Crippen LogP contribution < -0.4 is 10.6 Å². The quantitative estimate of drug-likeness (QED) is 0.251. The lowest BCUT2D eigenvalue weighted by Crippen LogP contribution is -2.43. The number of rotatable bonds is 10. The van der Waals surface area contributed by atoms with Gasteiger partial charge < -0.3 is 15.4 Å². The molecule has 0 aromatic heterocycles. The van der Waals surface area contributed by atoms with E-state index < -0.39 is 47.4 Å². The molecule has 3 aromatic rings. The zero-order valence-corrected chi connectivity index (χ0v) is 22.8. The van der Waals surface area contributed by atoms with E-state index >= 15 is 0 Å². The van der Waals surface area contributed by atoms with Crippen LogP contribution in [0.4, 0.5) is 18.9 Å². The monoisotopic (exact) mass is 598 g/mol. The van der Waals surface area contributed by atoms with Crippen molar-refractivity contribution < 1.29 is 32.3 Å². The van der Waals surface area contributed by atoms with E-state index in [4.69, 9.17) is 27.9 Å². The van der Waals surface area contributed by atoms with E-state index in [9.17, 15) is 27.6 Å². The second-order valence-electron chi connectivity index (χ2n) is 8.22. The largest absolute Gasteiger partial charge is 0.446 e. The molecule has 0 radical (unpaired) electrons. The third-order valence-electron chi connectivity index (χ3n) is 5.43. The number of alkyl halides is 3. The Hall–Kier alpha value is -3.21. The topological polar surface area (TPSA) is 84.5 Å². The second kappa shape index (κ2) is 13.7. The van der Waals surface area contributed by atoms with Crippen LogP contribution in [-0.2, 0) is 20.5 Å². The normalized spacial score (nSPS) is 12.8. The molecule has 2 atom stereocenters. The minimum absolute atomic E-state index is 0.167. The number of halogens is 5. The summed E-state index contributed by atoms with van der Waals surface area (Å²) in [6, 6.07) is 15.6. The van der Waals surface area contributed by atoms with Gasteiger partial charge in [-0.15, -0.1) is 0 Å². The molecular weight excluding hydrogens is 576 g/mol. The summed E-state index contributed by atoms with van der Waals surface area (Å²) in [7, 11) is 0. The Labute approximate surface area is 237 Å². The SMILES string of the molecule is CSCC[C@H](NC(=O)c1ccc(Cl)cc1)C(=O)O[C@H](C(=O)Nc1ccc(Cl)cc1C(F)(F)F)c1ccccc1. The standard InChI is InChI=1S/C27H23Cl2F3N2O4S/c1-39-14-13-22(34-24(35)17-7-9-18(28)10-8-17)26(37)38-23(16-5-3-2-4-6-16)25(36)33-21-12-11-19(29)15-20(21)27(30,31)32/h2-12,15,22-23H,13-14H2,1H3,(H,33,36)(H,34,35)/t22-,23-/m0/s1. The average molecular weight is 599 g/mol. The highest BCUT2D eigenvalue weighted by Crippen LogP contribution is 2.37. The van der Waals surface area contributed by atoms with Crippen molar-refractivity contribution in [2.24, 2.45) is 0 Å². The minimum Gasteiger partial charge on any atom is -0.446 e. The van der Waals surface area contributed by atoms with E-state index in [0.29, 0.717) is 16.8 Å². The highest BCUT2D eigenvalue weighted by molar-refractivity contribution is 7.98. The Morgan fingerprint density at radius 3 is 2.21 bits per heavy atom. The summed E-state index contributed by atoms with van der Waals surface area (Å²) >= 11 is 13.0. The van der Waals surface area contributed by atoms with Crippen LogP contribution in [0.25, 0.3) is 0 Å². The van der Waals surface area contributed by atoms with E-state index in [1.54, 1.807) is 18.2 Å². The summed E-state index contributed by atoms with van der Waals surface area (Å²) in [5.74, 6) is -2.04. The number of ether oxygens (including phenoxy) is 1. The second-order valence-corrected chi connectivity index (χ2v) is 10.1. The lowest BCUT2D eigenvalue weighted by Gasteiger charge is -2.23. The summed E-state index contributed by atoms with van der Waals surface area (Å²) < 4.78 is 46.3. The first-order chi connectivity index (χ1) is 18.5. The van der Waals surface area contributed by atoms with Crippen LogP contribution in [0.15, 0.2) is 72.8 Å². The number of amides is 2. The molecule has 0 bridgehead atoms. The summed E-state index contributed by atoms with van der Waals surface area (Å²) in [5, 5.41) is 5.07. The average Bonchev–Trinajstić information content (AvgIpc) is 2.90. The van der Waals surface area contributed by atoms with Gasteiger partial charge in [0.25, 0.3) is 11.8 Å². The molecule has 206 valence electrons. The number of nitrogens with one attached hydrogen (secondary N) is 2. The summed E-state index contributed by atoms with van der Waals surface area (Å²) in [4.78, 5) is 39.2. The van der Waals surface area contributed by atoms with E-state index in [0.717, 1.165) is 6.07 Å². The number of benzene rings is 3. The molecule has 6 nitrogen and oxygen atoms in total. The van der Waals surface area contributed by atoms with Crippen LogP contribution in [0, 0.1) is 0 Å². The van der Waals surface area contributed by atoms with Crippen LogP contribution >= 0.6 is 35.0 Å². The maximum absolute atomic E-state index is 13.6. The Morgan fingerprint density at radius 2 is 1.59 bits per heavy atom. The molecular formula is C27H23Cl2F3N2O4S. The Morgan fingerprint density at radius 1 is 0.949 bits per heavy atom. The highest BCUT2D eigenvalue weighted by atomic mass is 35.5. The molecule has 0 aliphatic carbocycles. The molecule has 2 amide bonds. The van der Waals surface area contributed by atoms with Gasteiger partial charge in [0.05, 0.1) is 11.3 Å². The molecule has 2 N–H and O–H groups in total. The Kier molecular flexibility index (Phi) is 10.7. The fourth-order valence-corrected chi connectivity index (χ4v) is 4.25. The molecule has 12 heteroatoms. The first-order valence-corrected chi connectivity index (χ1v) is 13.6. The maximum atomic E-state index is 13.6. The van der Waals surface area contributed by atoms with Crippen molar-refractivity contribution in [3.8, 4) is 0 Å². The van der Waals surface area contributed by atoms with Gasteiger partial charge in [0.2, 0.25) is 6.10 Å². The number of thioether (sulfide) groups is 1. The van der Waals surface area contributed by atoms with Crippen molar-refractivity contribution in [3.05, 3.63) is 99.5 Å². The molecule has 0 aliphatic heterocycles. The van der Waals surface area contributed by atoms with Gasteiger partial charge in [-0.1, -0.05) is 53.5 Å². The van der Waals surface area contributed by atoms with E-state index in [1.165, 1.54) is 54.2 Å². The fourth-order valence-electron chi connectivity index (χ4n) is 3.48. The number of carbonyl (C=O) groups excluding carboxylic acids is 3. The van der Waals surface area contributed by atoms with Gasteiger partial charge in [0.1, 0.15) is 6.04 Å². The fraction of sp³-hybridized carbons (Fsp3) is 0.222. The number of carbonyl (C=O) groups is 3. The van der Waals surface area contributed by atoms with Gasteiger partial charge in [-0.2, -0.15) is 24.9 Å². The number of esters is 1. The van der Waals surface area contributed by atoms with Crippen LogP contribution in [0.1, 0.15) is 34.0 Å². The minimum atomic E-state index is -4.80. The number of hydrogen-bond donors (Lipinski definition) is 2. The maximum Gasteiger partial charge on any atom is 0.418 e. The molecule has 0 spiro atoms. The molecule has 3 rings (SSSR count). The van der Waals surface area contributed by atoms with Crippen LogP contribution in [0.2, 0.25) is 10.0 Å². The molecule has 0 aliphatic rings. The highest BCUT2D eigenvalue weighted by Gasteiger charge is 2.36. The smallest absolute Gasteiger partial charge is 0.418 e. The van der Waals surface area contributed by atoms with Crippen molar-refractivity contribution in [2.45, 2.75) is 24.7 Å². The molecule has 0 unspecified atom stereocenters. The van der Waals surface area contributed by atoms with Gasteiger partial charge in [-0.3, -0.25) is 9.59 Å². The third-order valence-corrected chi connectivity index (χ3v) is 6.56. The molecule has 0 fully saturated rings. The van der Waals surface area contributed by atoms with Crippen molar-refractivity contribution in [2.75, 3.05) is 17.3 Å². The number of anilines is 1. The van der Waals surface area contributed by atoms with E-state index in [1.807, 2.05) is 6.26 Å². The van der Waals surface area contributed by atoms with Crippen LogP contribution in [0.5, 0.6) is 0 Å². The van der Waals surface area contributed by atoms with Crippen molar-refractivity contribution >= 4 is 58.4 Å². The molecule has 0 saturated heterocycles. The molecule has 3 aromatic carbocycles. The van der Waals surface area contributed by atoms with Crippen molar-refractivity contribution in [1.29, 1.82) is 0 Å². The third kappa shape index (κ3) is 8.64. The zero-order valence-electron chi connectivity index (χ0n) is 20.4. The van der Waals surface area contributed by atoms with E-state index in [-0.39, 0.29) is 22.6 Å². The molecule has 39 heavy (non-hydrogen) atoms. The Balaban J connectivity index is 1.87. The summed E-state index contributed by atoms with van der Waals surface area (Å²) in [6.07, 6.45) is -4.42. The van der Waals surface area contributed by atoms with Crippen molar-refractivity contribution in [3.63, 3.8) is 0 Å². The van der Waals surface area contributed by atoms with Gasteiger partial charge in [0.15, 0.2) is 0 Å². The lowest BCUT2D eigenvalue weighted by molar-refractivity contribution is -0.156. The van der Waals surface area contributed by atoms with Crippen LogP contribution in [0.3, 0.4) is 0 Å². The summed E-state index contributed by atoms with van der Waals surface area (Å²) in [5.41, 5.74) is -1.24. The van der Waals surface area contributed by atoms with Gasteiger partial charge in [-0.05, 0) is 60.9 Å². The predicted octanol–water partition coefficient (Wildman–Crippen LogP) is 6.79. The lowest BCUT2D eigenvalue weighted by atomic mass is 10.1. The van der Waals surface area contributed by atoms with Gasteiger partial charge in [-0.25, -0.2) is 4.79 Å². The number of hydrogen-bond acceptors (Lipinski definition) is 5. The van der Waals surface area contributed by atoms with Crippen molar-refractivity contribution in [1.82, 2.24) is 5.32 Å². The first-order valence-electron chi connectivity index (χ1n) is 11.5. The predicted molar refractivity (Wildman–Crippen MR) is 146 cm³/mol. The van der Waals surface area contributed by atoms with Gasteiger partial charge in [0, 0.05) is 21.2 Å².